The van der Waals surface area contributed by atoms with Gasteiger partial charge < -0.3 is 9.84 Å². The summed E-state index contributed by atoms with van der Waals surface area (Å²) in [6, 6.07) is 2.83. The summed E-state index contributed by atoms with van der Waals surface area (Å²) in [4.78, 5) is 0. The summed E-state index contributed by atoms with van der Waals surface area (Å²) in [5.74, 6) is 0. The Kier molecular flexibility index (Phi) is 5.12. The number of aliphatic hydroxyl groups excluding tert-OH is 1. The van der Waals surface area contributed by atoms with E-state index < -0.39 is 26.4 Å². The number of benzene rings is 1. The molecule has 0 fully saturated rings. The second kappa shape index (κ2) is 6.58. The minimum Gasteiger partial charge on any atom is -0.392 e. The molecule has 2 aromatic rings. The molecule has 0 amide bonds. The van der Waals surface area contributed by atoms with Gasteiger partial charge in [0.05, 0.1) is 17.7 Å². The third kappa shape index (κ3) is 4.52. The molecule has 0 bridgehead atoms. The molecule has 1 N–H and O–H groups in total. The van der Waals surface area contributed by atoms with Crippen LogP contribution in [0.3, 0.4) is 0 Å². The van der Waals surface area contributed by atoms with Crippen LogP contribution in [0.1, 0.15) is 11.1 Å². The number of nitrogens with zero attached hydrogens (tertiary/aromatic N) is 3. The highest BCUT2D eigenvalue weighted by molar-refractivity contribution is 6.76. The first kappa shape index (κ1) is 17.9. The van der Waals surface area contributed by atoms with E-state index in [1.54, 1.807) is 0 Å². The molecule has 0 radical (unpaired) electrons. The van der Waals surface area contributed by atoms with Crippen LogP contribution in [0.15, 0.2) is 12.1 Å². The summed E-state index contributed by atoms with van der Waals surface area (Å²) in [6.07, 6.45) is -4.49. The van der Waals surface area contributed by atoms with Crippen molar-refractivity contribution in [2.45, 2.75) is 45.2 Å². The van der Waals surface area contributed by atoms with Crippen molar-refractivity contribution in [3.05, 3.63) is 23.3 Å². The zero-order chi connectivity index (χ0) is 17.3. The van der Waals surface area contributed by atoms with Crippen molar-refractivity contribution in [2.24, 2.45) is 0 Å². The van der Waals surface area contributed by atoms with Gasteiger partial charge in [-0.05, 0) is 18.2 Å². The molecule has 0 aliphatic heterocycles. The van der Waals surface area contributed by atoms with Crippen LogP contribution in [-0.4, -0.2) is 34.8 Å². The van der Waals surface area contributed by atoms with E-state index in [-0.39, 0.29) is 23.3 Å². The van der Waals surface area contributed by atoms with Crippen molar-refractivity contribution in [3.8, 4) is 0 Å². The fourth-order valence-corrected chi connectivity index (χ4v) is 2.80. The largest absolute Gasteiger partial charge is 0.416 e. The Labute approximate surface area is 133 Å². The summed E-state index contributed by atoms with van der Waals surface area (Å²) < 4.78 is 45.6. The highest BCUT2D eigenvalue weighted by Crippen LogP contribution is 2.32. The van der Waals surface area contributed by atoms with E-state index in [2.05, 4.69) is 30.0 Å². The number of alkyl halides is 3. The van der Waals surface area contributed by atoms with Crippen LogP contribution < -0.4 is 0 Å². The number of aromatic nitrogens is 3. The second-order valence-corrected chi connectivity index (χ2v) is 12.2. The van der Waals surface area contributed by atoms with Crippen molar-refractivity contribution in [1.29, 1.82) is 0 Å². The number of rotatable bonds is 6. The minimum atomic E-state index is -4.49. The molecule has 0 saturated heterocycles. The maximum absolute atomic E-state index is 12.9. The molecule has 1 aromatic carbocycles. The van der Waals surface area contributed by atoms with Crippen molar-refractivity contribution in [1.82, 2.24) is 15.0 Å². The molecule has 0 aliphatic rings. The normalized spacial score (nSPS) is 13.0. The summed E-state index contributed by atoms with van der Waals surface area (Å²) in [6.45, 7) is 6.67. The predicted octanol–water partition coefficient (Wildman–Crippen LogP) is 3.25. The molecule has 1 heterocycles. The SMILES string of the molecule is C[Si](C)(C)CCOCn1nnc2c(CO)cc(C(F)(F)F)cc21. The minimum absolute atomic E-state index is 0.0349. The van der Waals surface area contributed by atoms with Gasteiger partial charge in [-0.2, -0.15) is 13.2 Å². The van der Waals surface area contributed by atoms with Gasteiger partial charge in [0.1, 0.15) is 12.2 Å². The quantitative estimate of drug-likeness (QED) is 0.644. The monoisotopic (exact) mass is 347 g/mol. The Morgan fingerprint density at radius 2 is 1.96 bits per heavy atom. The molecule has 0 atom stereocenters. The van der Waals surface area contributed by atoms with Crippen LogP contribution in [0.2, 0.25) is 25.7 Å². The Balaban J connectivity index is 2.24. The zero-order valence-electron chi connectivity index (χ0n) is 13.3. The van der Waals surface area contributed by atoms with E-state index in [9.17, 15) is 18.3 Å². The highest BCUT2D eigenvalue weighted by atomic mass is 28.3. The Bertz CT molecular complexity index is 680. The number of fused-ring (bicyclic) bond motifs is 1. The van der Waals surface area contributed by atoms with Gasteiger partial charge in [-0.15, -0.1) is 5.10 Å². The van der Waals surface area contributed by atoms with E-state index in [1.807, 2.05) is 0 Å². The van der Waals surface area contributed by atoms with Crippen molar-refractivity contribution in [2.75, 3.05) is 6.61 Å². The molecule has 1 aromatic heterocycles. The summed E-state index contributed by atoms with van der Waals surface area (Å²) in [5, 5.41) is 17.0. The first-order chi connectivity index (χ1) is 10.6. The summed E-state index contributed by atoms with van der Waals surface area (Å²) in [5.41, 5.74) is -0.269. The molecule has 5 nitrogen and oxygen atoms in total. The fraction of sp³-hybridized carbons (Fsp3) is 0.571. The van der Waals surface area contributed by atoms with Crippen LogP contribution in [0.25, 0.3) is 11.0 Å². The first-order valence-electron chi connectivity index (χ1n) is 7.24. The average molecular weight is 347 g/mol. The topological polar surface area (TPSA) is 60.2 Å². The van der Waals surface area contributed by atoms with Gasteiger partial charge in [0.15, 0.2) is 0 Å². The zero-order valence-corrected chi connectivity index (χ0v) is 14.3. The molecule has 0 saturated carbocycles. The van der Waals surface area contributed by atoms with Crippen LogP contribution in [-0.2, 0) is 24.3 Å². The lowest BCUT2D eigenvalue weighted by Crippen LogP contribution is -2.22. The van der Waals surface area contributed by atoms with Gasteiger partial charge >= 0.3 is 6.18 Å². The van der Waals surface area contributed by atoms with Crippen LogP contribution in [0.4, 0.5) is 13.2 Å². The molecule has 23 heavy (non-hydrogen) atoms. The molecule has 0 spiro atoms. The Morgan fingerprint density at radius 1 is 1.26 bits per heavy atom. The molecular formula is C14H20F3N3O2Si. The van der Waals surface area contributed by atoms with Crippen LogP contribution in [0.5, 0.6) is 0 Å². The standard InChI is InChI=1S/C14H20F3N3O2Si/c1-23(2,3)5-4-22-9-20-12-7-11(14(15,16)17)6-10(8-21)13(12)18-19-20/h6-7,21H,4-5,8-9H2,1-3H3. The fourth-order valence-electron chi connectivity index (χ4n) is 2.05. The van der Waals surface area contributed by atoms with Gasteiger partial charge in [-0.3, -0.25) is 0 Å². The lowest BCUT2D eigenvalue weighted by atomic mass is 10.1. The predicted molar refractivity (Wildman–Crippen MR) is 82.6 cm³/mol. The van der Waals surface area contributed by atoms with Crippen molar-refractivity contribution >= 4 is 19.1 Å². The smallest absolute Gasteiger partial charge is 0.392 e. The molecule has 0 aliphatic carbocycles. The summed E-state index contributed by atoms with van der Waals surface area (Å²) in [7, 11) is -1.23. The molecule has 9 heteroatoms. The molecule has 2 rings (SSSR count). The van der Waals surface area contributed by atoms with Crippen molar-refractivity contribution < 1.29 is 23.0 Å². The average Bonchev–Trinajstić information content (AvgIpc) is 2.84. The third-order valence-corrected chi connectivity index (χ3v) is 5.11. The maximum Gasteiger partial charge on any atom is 0.416 e. The number of hydrogen-bond acceptors (Lipinski definition) is 4. The van der Waals surface area contributed by atoms with E-state index in [4.69, 9.17) is 4.74 Å². The van der Waals surface area contributed by atoms with E-state index >= 15 is 0 Å². The third-order valence-electron chi connectivity index (χ3n) is 3.41. The lowest BCUT2D eigenvalue weighted by Gasteiger charge is -2.15. The Hall–Kier alpha value is -1.45. The van der Waals surface area contributed by atoms with Crippen LogP contribution in [0, 0.1) is 0 Å². The first-order valence-corrected chi connectivity index (χ1v) is 10.9. The second-order valence-electron chi connectivity index (χ2n) is 6.60. The highest BCUT2D eigenvalue weighted by Gasteiger charge is 2.32. The van der Waals surface area contributed by atoms with Crippen molar-refractivity contribution in [3.63, 3.8) is 0 Å². The number of aliphatic hydroxyl groups is 1. The van der Waals surface area contributed by atoms with Crippen LogP contribution >= 0.6 is 0 Å². The van der Waals surface area contributed by atoms with Gasteiger partial charge in [0, 0.05) is 20.2 Å². The van der Waals surface area contributed by atoms with E-state index in [0.717, 1.165) is 18.2 Å². The van der Waals surface area contributed by atoms with Gasteiger partial charge in [-0.1, -0.05) is 24.9 Å². The summed E-state index contributed by atoms with van der Waals surface area (Å²) >= 11 is 0. The van der Waals surface area contributed by atoms with Gasteiger partial charge in [0.2, 0.25) is 0 Å². The van der Waals surface area contributed by atoms with E-state index in [0.29, 0.717) is 6.61 Å². The van der Waals surface area contributed by atoms with Gasteiger partial charge in [-0.25, -0.2) is 4.68 Å². The molecular weight excluding hydrogens is 327 g/mol. The lowest BCUT2D eigenvalue weighted by molar-refractivity contribution is -0.137. The van der Waals surface area contributed by atoms with Gasteiger partial charge in [0.25, 0.3) is 0 Å². The molecule has 0 unspecified atom stereocenters. The number of ether oxygens (including phenoxy) is 1. The number of halogens is 3. The maximum atomic E-state index is 12.9. The van der Waals surface area contributed by atoms with E-state index in [1.165, 1.54) is 4.68 Å². The Morgan fingerprint density at radius 3 is 2.52 bits per heavy atom. The molecule has 128 valence electrons. The number of hydrogen-bond donors (Lipinski definition) is 1.